The van der Waals surface area contributed by atoms with Gasteiger partial charge in [-0.1, -0.05) is 23.7 Å². The zero-order valence-corrected chi connectivity index (χ0v) is 12.9. The van der Waals surface area contributed by atoms with E-state index < -0.39 is 0 Å². The molecule has 0 radical (unpaired) electrons. The summed E-state index contributed by atoms with van der Waals surface area (Å²) in [4.78, 5) is 14.5. The van der Waals surface area contributed by atoms with E-state index in [2.05, 4.69) is 10.2 Å². The van der Waals surface area contributed by atoms with Crippen LogP contribution in [0.15, 0.2) is 24.3 Å². The Balaban J connectivity index is 2.00. The van der Waals surface area contributed by atoms with E-state index in [0.717, 1.165) is 13.1 Å². The molecule has 2 rings (SSSR count). The Labute approximate surface area is 125 Å². The molecule has 1 aliphatic rings. The number of rotatable bonds is 3. The van der Waals surface area contributed by atoms with Crippen LogP contribution in [0.4, 0.5) is 5.69 Å². The van der Waals surface area contributed by atoms with Crippen molar-refractivity contribution in [2.75, 3.05) is 18.4 Å². The summed E-state index contributed by atoms with van der Waals surface area (Å²) in [5.74, 6) is -0.0422. The minimum Gasteiger partial charge on any atom is -0.373 e. The van der Waals surface area contributed by atoms with Crippen LogP contribution in [0.1, 0.15) is 20.8 Å². The quantitative estimate of drug-likeness (QED) is 0.932. The summed E-state index contributed by atoms with van der Waals surface area (Å²) in [6.07, 6.45) is 0.295. The van der Waals surface area contributed by atoms with Gasteiger partial charge >= 0.3 is 0 Å². The Kier molecular flexibility index (Phi) is 5.02. The number of carbonyl (C=O) groups excluding carboxylic acids is 1. The lowest BCUT2D eigenvalue weighted by molar-refractivity contribution is -0.126. The van der Waals surface area contributed by atoms with Gasteiger partial charge in [0.1, 0.15) is 0 Å². The van der Waals surface area contributed by atoms with Gasteiger partial charge in [0.25, 0.3) is 0 Å². The van der Waals surface area contributed by atoms with E-state index >= 15 is 0 Å². The first-order chi connectivity index (χ1) is 9.47. The van der Waals surface area contributed by atoms with Crippen molar-refractivity contribution < 1.29 is 9.53 Å². The number of ether oxygens (including phenoxy) is 1. The molecule has 3 atom stereocenters. The van der Waals surface area contributed by atoms with E-state index in [0.29, 0.717) is 10.7 Å². The highest BCUT2D eigenvalue weighted by atomic mass is 35.5. The number of amides is 1. The highest BCUT2D eigenvalue weighted by Gasteiger charge is 2.29. The van der Waals surface area contributed by atoms with Crippen LogP contribution in [0.2, 0.25) is 5.02 Å². The Morgan fingerprint density at radius 3 is 2.55 bits per heavy atom. The van der Waals surface area contributed by atoms with Gasteiger partial charge in [-0.25, -0.2) is 0 Å². The van der Waals surface area contributed by atoms with Gasteiger partial charge in [0.2, 0.25) is 5.91 Å². The van der Waals surface area contributed by atoms with Crippen LogP contribution in [0.25, 0.3) is 0 Å². The average molecular weight is 297 g/mol. The normalized spacial score (nSPS) is 25.2. The first-order valence-electron chi connectivity index (χ1n) is 6.92. The number of halogens is 1. The fraction of sp³-hybridized carbons (Fsp3) is 0.533. The average Bonchev–Trinajstić information content (AvgIpc) is 2.39. The molecular formula is C15H21ClN2O2. The lowest BCUT2D eigenvalue weighted by Crippen LogP contribution is -2.52. The van der Waals surface area contributed by atoms with Gasteiger partial charge in [0.15, 0.2) is 0 Å². The third-order valence-electron chi connectivity index (χ3n) is 3.51. The summed E-state index contributed by atoms with van der Waals surface area (Å²) in [5.41, 5.74) is 0.653. The number of carbonyl (C=O) groups is 1. The summed E-state index contributed by atoms with van der Waals surface area (Å²) >= 11 is 6.06. The number of nitrogens with one attached hydrogen (secondary N) is 1. The Morgan fingerprint density at radius 2 is 1.95 bits per heavy atom. The zero-order chi connectivity index (χ0) is 14.7. The van der Waals surface area contributed by atoms with E-state index in [-0.39, 0.29) is 24.2 Å². The Hall–Kier alpha value is -1.10. The molecule has 5 heteroatoms. The van der Waals surface area contributed by atoms with Crippen LogP contribution >= 0.6 is 11.6 Å². The molecule has 0 aromatic heterocycles. The van der Waals surface area contributed by atoms with Crippen LogP contribution in [0.5, 0.6) is 0 Å². The largest absolute Gasteiger partial charge is 0.373 e. The van der Waals surface area contributed by atoms with Crippen molar-refractivity contribution in [3.63, 3.8) is 0 Å². The molecule has 0 unspecified atom stereocenters. The Bertz CT molecular complexity index is 471. The first-order valence-corrected chi connectivity index (χ1v) is 7.30. The molecule has 110 valence electrons. The van der Waals surface area contributed by atoms with E-state index in [1.165, 1.54) is 0 Å². The van der Waals surface area contributed by atoms with Gasteiger partial charge in [0, 0.05) is 13.1 Å². The lowest BCUT2D eigenvalue weighted by Gasteiger charge is -2.38. The van der Waals surface area contributed by atoms with Crippen molar-refractivity contribution in [1.82, 2.24) is 4.90 Å². The van der Waals surface area contributed by atoms with Crippen LogP contribution in [0, 0.1) is 0 Å². The third kappa shape index (κ3) is 3.72. The third-order valence-corrected chi connectivity index (χ3v) is 3.84. The van der Waals surface area contributed by atoms with Gasteiger partial charge in [-0.05, 0) is 32.9 Å². The minimum atomic E-state index is -0.208. The highest BCUT2D eigenvalue weighted by Crippen LogP contribution is 2.21. The van der Waals surface area contributed by atoms with Gasteiger partial charge in [0.05, 0.1) is 29.0 Å². The first kappa shape index (κ1) is 15.3. The summed E-state index contributed by atoms with van der Waals surface area (Å²) < 4.78 is 5.69. The van der Waals surface area contributed by atoms with Gasteiger partial charge in [-0.2, -0.15) is 0 Å². The number of benzene rings is 1. The van der Waals surface area contributed by atoms with Crippen LogP contribution in [-0.2, 0) is 9.53 Å². The maximum atomic E-state index is 12.3. The van der Waals surface area contributed by atoms with E-state index in [1.807, 2.05) is 32.9 Å². The van der Waals surface area contributed by atoms with Crippen molar-refractivity contribution in [1.29, 1.82) is 0 Å². The number of para-hydroxylation sites is 1. The SMILES string of the molecule is C[C@@H]1CN([C@@H](C)C(=O)Nc2ccccc2Cl)C[C@H](C)O1. The van der Waals surface area contributed by atoms with Crippen molar-refractivity contribution >= 4 is 23.2 Å². The van der Waals surface area contributed by atoms with E-state index in [4.69, 9.17) is 16.3 Å². The molecule has 4 nitrogen and oxygen atoms in total. The summed E-state index contributed by atoms with van der Waals surface area (Å²) in [5, 5.41) is 3.44. The topological polar surface area (TPSA) is 41.6 Å². The molecule has 20 heavy (non-hydrogen) atoms. The minimum absolute atomic E-state index is 0.0422. The monoisotopic (exact) mass is 296 g/mol. The number of anilines is 1. The van der Waals surface area contributed by atoms with Crippen molar-refractivity contribution in [3.05, 3.63) is 29.3 Å². The molecule has 1 heterocycles. The van der Waals surface area contributed by atoms with Gasteiger partial charge in [-0.15, -0.1) is 0 Å². The highest BCUT2D eigenvalue weighted by molar-refractivity contribution is 6.33. The van der Waals surface area contributed by atoms with Gasteiger partial charge < -0.3 is 10.1 Å². The fourth-order valence-electron chi connectivity index (χ4n) is 2.50. The van der Waals surface area contributed by atoms with Crippen LogP contribution < -0.4 is 5.32 Å². The molecule has 1 fully saturated rings. The number of nitrogens with zero attached hydrogens (tertiary/aromatic N) is 1. The van der Waals surface area contributed by atoms with Crippen LogP contribution in [0.3, 0.4) is 0 Å². The molecule has 0 bridgehead atoms. The van der Waals surface area contributed by atoms with Crippen molar-refractivity contribution in [2.24, 2.45) is 0 Å². The molecule has 0 saturated carbocycles. The van der Waals surface area contributed by atoms with E-state index in [1.54, 1.807) is 12.1 Å². The zero-order valence-electron chi connectivity index (χ0n) is 12.1. The lowest BCUT2D eigenvalue weighted by atomic mass is 10.1. The van der Waals surface area contributed by atoms with Gasteiger partial charge in [-0.3, -0.25) is 9.69 Å². The molecule has 0 aliphatic carbocycles. The maximum absolute atomic E-state index is 12.3. The molecule has 0 spiro atoms. The summed E-state index contributed by atoms with van der Waals surface area (Å²) in [7, 11) is 0. The molecule has 1 aliphatic heterocycles. The Morgan fingerprint density at radius 1 is 1.35 bits per heavy atom. The van der Waals surface area contributed by atoms with Crippen LogP contribution in [-0.4, -0.2) is 42.1 Å². The molecule has 1 N–H and O–H groups in total. The number of morpholine rings is 1. The standard InChI is InChI=1S/C15H21ClN2O2/c1-10-8-18(9-11(2)20-10)12(3)15(19)17-14-7-5-4-6-13(14)16/h4-7,10-12H,8-9H2,1-3H3,(H,17,19)/t10-,11+,12-/m0/s1. The molecule has 1 aromatic rings. The predicted molar refractivity (Wildman–Crippen MR) is 81.1 cm³/mol. The number of hydrogen-bond donors (Lipinski definition) is 1. The van der Waals surface area contributed by atoms with Crippen molar-refractivity contribution in [3.8, 4) is 0 Å². The van der Waals surface area contributed by atoms with E-state index in [9.17, 15) is 4.79 Å². The molecule has 1 aromatic carbocycles. The second-order valence-corrected chi connectivity index (χ2v) is 5.76. The molecule has 1 saturated heterocycles. The smallest absolute Gasteiger partial charge is 0.241 e. The second-order valence-electron chi connectivity index (χ2n) is 5.36. The maximum Gasteiger partial charge on any atom is 0.241 e. The summed E-state index contributed by atoms with van der Waals surface area (Å²) in [6, 6.07) is 7.05. The molecular weight excluding hydrogens is 276 g/mol. The summed E-state index contributed by atoms with van der Waals surface area (Å²) in [6.45, 7) is 7.50. The van der Waals surface area contributed by atoms with Crippen molar-refractivity contribution in [2.45, 2.75) is 39.0 Å². The fourth-order valence-corrected chi connectivity index (χ4v) is 2.68. The predicted octanol–water partition coefficient (Wildman–Crippen LogP) is 2.78. The molecule has 1 amide bonds. The number of hydrogen-bond acceptors (Lipinski definition) is 3. The second kappa shape index (κ2) is 6.57.